The molecule has 1 nitrogen and oxygen atoms in total. The van der Waals surface area contributed by atoms with Gasteiger partial charge in [-0.1, -0.05) is 32.4 Å². The summed E-state index contributed by atoms with van der Waals surface area (Å²) < 4.78 is 0. The van der Waals surface area contributed by atoms with E-state index in [2.05, 4.69) is 31.3 Å². The number of fused-ring (bicyclic) bond motifs is 2. The molecule has 0 spiro atoms. The van der Waals surface area contributed by atoms with E-state index in [-0.39, 0.29) is 0 Å². The van der Waals surface area contributed by atoms with Crippen LogP contribution in [0.3, 0.4) is 0 Å². The summed E-state index contributed by atoms with van der Waals surface area (Å²) in [4.78, 5) is 0. The Morgan fingerprint density at radius 1 is 1.25 bits per heavy atom. The van der Waals surface area contributed by atoms with Gasteiger partial charge in [-0.15, -0.1) is 0 Å². The van der Waals surface area contributed by atoms with E-state index < -0.39 is 0 Å². The molecule has 16 heavy (non-hydrogen) atoms. The molecule has 1 N–H and O–H groups in total. The molecule has 1 heteroatoms. The molecular formula is C15H25N. The average molecular weight is 219 g/mol. The summed E-state index contributed by atoms with van der Waals surface area (Å²) in [5, 5.41) is 3.86. The molecule has 3 aliphatic rings. The van der Waals surface area contributed by atoms with Gasteiger partial charge in [0.15, 0.2) is 0 Å². The van der Waals surface area contributed by atoms with Gasteiger partial charge in [0.2, 0.25) is 0 Å². The molecule has 4 atom stereocenters. The van der Waals surface area contributed by atoms with Crippen molar-refractivity contribution in [3.8, 4) is 0 Å². The molecule has 3 aliphatic carbocycles. The van der Waals surface area contributed by atoms with E-state index in [9.17, 15) is 0 Å². The molecule has 2 saturated carbocycles. The monoisotopic (exact) mass is 219 g/mol. The van der Waals surface area contributed by atoms with Crippen molar-refractivity contribution in [3.05, 3.63) is 12.2 Å². The SMILES string of the molecule is CC1(C)CCCC1NCC1CC2C=CC1C2. The fraction of sp³-hybridized carbons (Fsp3) is 0.867. The Balaban J connectivity index is 1.52. The Hall–Kier alpha value is -0.300. The third kappa shape index (κ3) is 1.84. The minimum absolute atomic E-state index is 0.535. The highest BCUT2D eigenvalue weighted by Gasteiger charge is 2.38. The third-order valence-electron chi connectivity index (χ3n) is 5.30. The second-order valence-electron chi connectivity index (χ2n) is 6.88. The Morgan fingerprint density at radius 3 is 2.69 bits per heavy atom. The van der Waals surface area contributed by atoms with Crippen molar-refractivity contribution in [1.29, 1.82) is 0 Å². The van der Waals surface area contributed by atoms with Gasteiger partial charge in [-0.2, -0.15) is 0 Å². The first-order valence-electron chi connectivity index (χ1n) is 7.07. The van der Waals surface area contributed by atoms with Gasteiger partial charge in [0.05, 0.1) is 0 Å². The van der Waals surface area contributed by atoms with Crippen molar-refractivity contribution in [2.75, 3.05) is 6.54 Å². The van der Waals surface area contributed by atoms with Crippen LogP contribution in [0.2, 0.25) is 0 Å². The molecule has 0 aromatic carbocycles. The van der Waals surface area contributed by atoms with Gasteiger partial charge in [-0.3, -0.25) is 0 Å². The van der Waals surface area contributed by atoms with E-state index in [0.717, 1.165) is 23.8 Å². The zero-order valence-electron chi connectivity index (χ0n) is 10.7. The number of hydrogen-bond acceptors (Lipinski definition) is 1. The minimum Gasteiger partial charge on any atom is -0.313 e. The smallest absolute Gasteiger partial charge is 0.0118 e. The van der Waals surface area contributed by atoms with E-state index in [1.807, 2.05) is 0 Å². The van der Waals surface area contributed by atoms with Crippen LogP contribution in [0.4, 0.5) is 0 Å². The predicted octanol–water partition coefficient (Wildman–Crippen LogP) is 3.37. The summed E-state index contributed by atoms with van der Waals surface area (Å²) in [6.07, 6.45) is 12.0. The van der Waals surface area contributed by atoms with E-state index in [1.54, 1.807) is 0 Å². The second-order valence-corrected chi connectivity index (χ2v) is 6.88. The van der Waals surface area contributed by atoms with Crippen LogP contribution in [0.1, 0.15) is 46.0 Å². The summed E-state index contributed by atoms with van der Waals surface area (Å²) in [7, 11) is 0. The topological polar surface area (TPSA) is 12.0 Å². The van der Waals surface area contributed by atoms with Gasteiger partial charge in [0, 0.05) is 6.04 Å². The van der Waals surface area contributed by atoms with Crippen molar-refractivity contribution in [2.45, 2.75) is 52.0 Å². The fourth-order valence-electron chi connectivity index (χ4n) is 4.13. The molecule has 0 radical (unpaired) electrons. The molecule has 2 fully saturated rings. The van der Waals surface area contributed by atoms with Crippen molar-refractivity contribution in [3.63, 3.8) is 0 Å². The normalized spacial score (nSPS) is 44.4. The highest BCUT2D eigenvalue weighted by atomic mass is 14.9. The van der Waals surface area contributed by atoms with Crippen LogP contribution in [0.5, 0.6) is 0 Å². The number of hydrogen-bond donors (Lipinski definition) is 1. The van der Waals surface area contributed by atoms with Crippen molar-refractivity contribution >= 4 is 0 Å². The summed E-state index contributed by atoms with van der Waals surface area (Å²) in [5.74, 6) is 2.77. The summed E-state index contributed by atoms with van der Waals surface area (Å²) >= 11 is 0. The largest absolute Gasteiger partial charge is 0.313 e. The zero-order chi connectivity index (χ0) is 11.2. The second kappa shape index (κ2) is 3.87. The Bertz CT molecular complexity index is 292. The molecule has 0 saturated heterocycles. The van der Waals surface area contributed by atoms with Crippen LogP contribution in [-0.2, 0) is 0 Å². The van der Waals surface area contributed by atoms with Crippen LogP contribution in [0, 0.1) is 23.2 Å². The molecule has 2 bridgehead atoms. The first-order valence-corrected chi connectivity index (χ1v) is 7.07. The molecule has 0 aromatic rings. The van der Waals surface area contributed by atoms with Gasteiger partial charge in [-0.05, 0) is 55.4 Å². The molecule has 4 unspecified atom stereocenters. The number of nitrogens with one attached hydrogen (secondary N) is 1. The van der Waals surface area contributed by atoms with E-state index in [4.69, 9.17) is 0 Å². The van der Waals surface area contributed by atoms with E-state index in [0.29, 0.717) is 5.41 Å². The lowest BCUT2D eigenvalue weighted by Crippen LogP contribution is -2.40. The van der Waals surface area contributed by atoms with Crippen molar-refractivity contribution < 1.29 is 0 Å². The van der Waals surface area contributed by atoms with Crippen LogP contribution < -0.4 is 5.32 Å². The van der Waals surface area contributed by atoms with E-state index >= 15 is 0 Å². The Labute approximate surface area is 99.7 Å². The summed E-state index contributed by atoms with van der Waals surface area (Å²) in [6, 6.07) is 0.774. The fourth-order valence-corrected chi connectivity index (χ4v) is 4.13. The third-order valence-corrected chi connectivity index (χ3v) is 5.30. The molecule has 0 aliphatic heterocycles. The molecule has 0 aromatic heterocycles. The molecule has 90 valence electrons. The zero-order valence-corrected chi connectivity index (χ0v) is 10.7. The average Bonchev–Trinajstić information content (AvgIpc) is 2.89. The number of rotatable bonds is 3. The first kappa shape index (κ1) is 10.8. The van der Waals surface area contributed by atoms with E-state index in [1.165, 1.54) is 38.6 Å². The van der Waals surface area contributed by atoms with Gasteiger partial charge in [-0.25, -0.2) is 0 Å². The molecule has 0 amide bonds. The van der Waals surface area contributed by atoms with Gasteiger partial charge in [0.25, 0.3) is 0 Å². The lowest BCUT2D eigenvalue weighted by atomic mass is 9.86. The van der Waals surface area contributed by atoms with Crippen molar-refractivity contribution in [1.82, 2.24) is 5.32 Å². The van der Waals surface area contributed by atoms with Crippen LogP contribution in [-0.4, -0.2) is 12.6 Å². The lowest BCUT2D eigenvalue weighted by Gasteiger charge is -2.30. The maximum atomic E-state index is 3.86. The Kier molecular flexibility index (Phi) is 2.62. The molecular weight excluding hydrogens is 194 g/mol. The van der Waals surface area contributed by atoms with Gasteiger partial charge < -0.3 is 5.32 Å². The first-order chi connectivity index (χ1) is 7.65. The van der Waals surface area contributed by atoms with Gasteiger partial charge >= 0.3 is 0 Å². The Morgan fingerprint density at radius 2 is 2.12 bits per heavy atom. The van der Waals surface area contributed by atoms with Crippen molar-refractivity contribution in [2.24, 2.45) is 23.2 Å². The lowest BCUT2D eigenvalue weighted by molar-refractivity contribution is 0.263. The maximum Gasteiger partial charge on any atom is 0.0118 e. The van der Waals surface area contributed by atoms with Crippen LogP contribution in [0.15, 0.2) is 12.2 Å². The maximum absolute atomic E-state index is 3.86. The minimum atomic E-state index is 0.535. The highest BCUT2D eigenvalue weighted by molar-refractivity contribution is 5.10. The standard InChI is InChI=1S/C15H25N/c1-15(2)7-3-4-14(15)16-10-13-9-11-5-6-12(13)8-11/h5-6,11-14,16H,3-4,7-10H2,1-2H3. The quantitative estimate of drug-likeness (QED) is 0.718. The molecule has 0 heterocycles. The van der Waals surface area contributed by atoms with Gasteiger partial charge in [0.1, 0.15) is 0 Å². The summed E-state index contributed by atoms with van der Waals surface area (Å²) in [6.45, 7) is 6.12. The highest BCUT2D eigenvalue weighted by Crippen LogP contribution is 2.43. The number of allylic oxidation sites excluding steroid dienone is 2. The predicted molar refractivity (Wildman–Crippen MR) is 68.3 cm³/mol. The molecule has 3 rings (SSSR count). The summed E-state index contributed by atoms with van der Waals surface area (Å²) in [5.41, 5.74) is 0.535. The van der Waals surface area contributed by atoms with Crippen LogP contribution >= 0.6 is 0 Å². The van der Waals surface area contributed by atoms with Crippen LogP contribution in [0.25, 0.3) is 0 Å².